The maximum absolute atomic E-state index is 12.9. The van der Waals surface area contributed by atoms with Gasteiger partial charge in [0.2, 0.25) is 0 Å². The van der Waals surface area contributed by atoms with E-state index in [9.17, 15) is 14.4 Å². The molecule has 1 heterocycles. The summed E-state index contributed by atoms with van der Waals surface area (Å²) in [4.78, 5) is 38.9. The first kappa shape index (κ1) is 23.6. The number of carbonyl (C=O) groups is 3. The van der Waals surface area contributed by atoms with Crippen molar-refractivity contribution in [1.82, 2.24) is 0 Å². The number of halogens is 3. The van der Waals surface area contributed by atoms with Crippen molar-refractivity contribution in [3.05, 3.63) is 93.1 Å². The van der Waals surface area contributed by atoms with E-state index in [2.05, 4.69) is 10.6 Å². The lowest BCUT2D eigenvalue weighted by molar-refractivity contribution is -0.120. The number of amides is 3. The number of rotatable bonds is 6. The average molecular weight is 517 g/mol. The number of imide groups is 1. The predicted octanol–water partition coefficient (Wildman–Crippen LogP) is 5.69. The number of nitrogens with zero attached hydrogens (tertiary/aromatic N) is 1. The lowest BCUT2D eigenvalue weighted by Crippen LogP contribution is -2.32. The van der Waals surface area contributed by atoms with Crippen LogP contribution in [0.25, 0.3) is 0 Å². The van der Waals surface area contributed by atoms with Crippen molar-refractivity contribution < 1.29 is 19.1 Å². The minimum atomic E-state index is -0.692. The van der Waals surface area contributed by atoms with Crippen LogP contribution < -0.4 is 20.3 Å². The Bertz CT molecular complexity index is 1320. The molecule has 172 valence electrons. The first-order valence-electron chi connectivity index (χ1n) is 9.84. The first-order valence-corrected chi connectivity index (χ1v) is 11.0. The fourth-order valence-electron chi connectivity index (χ4n) is 3.20. The number of hydrogen-bond donors (Lipinski definition) is 2. The molecule has 4 rings (SSSR count). The molecule has 0 fully saturated rings. The quantitative estimate of drug-likeness (QED) is 0.411. The van der Waals surface area contributed by atoms with Crippen molar-refractivity contribution in [2.45, 2.75) is 0 Å². The monoisotopic (exact) mass is 515 g/mol. The van der Waals surface area contributed by atoms with Gasteiger partial charge >= 0.3 is 0 Å². The molecule has 0 aromatic heterocycles. The standard InChI is InChI=1S/C24H16Cl3N3O4/c1-34-17-9-6-15(7-10-17)29-22(31)13-2-4-14(5-3-13)28-21-20(27)23(32)30(24(21)33)16-8-11-18(25)19(26)12-16/h2-12,28H,1H3,(H,29,31). The van der Waals surface area contributed by atoms with Gasteiger partial charge in [-0.25, -0.2) is 4.90 Å². The highest BCUT2D eigenvalue weighted by Gasteiger charge is 2.39. The number of methoxy groups -OCH3 is 1. The summed E-state index contributed by atoms with van der Waals surface area (Å²) in [6.07, 6.45) is 0. The Morgan fingerprint density at radius 1 is 0.824 bits per heavy atom. The van der Waals surface area contributed by atoms with E-state index in [0.29, 0.717) is 22.7 Å². The van der Waals surface area contributed by atoms with E-state index in [1.54, 1.807) is 55.6 Å². The van der Waals surface area contributed by atoms with Gasteiger partial charge in [0, 0.05) is 16.9 Å². The molecule has 1 aliphatic rings. The molecular weight excluding hydrogens is 501 g/mol. The van der Waals surface area contributed by atoms with Gasteiger partial charge in [-0.2, -0.15) is 0 Å². The molecule has 3 aromatic carbocycles. The molecule has 3 amide bonds. The fourth-order valence-corrected chi connectivity index (χ4v) is 3.70. The summed E-state index contributed by atoms with van der Waals surface area (Å²) >= 11 is 18.1. The molecule has 0 bridgehead atoms. The molecule has 0 saturated carbocycles. The van der Waals surface area contributed by atoms with Gasteiger partial charge in [0.05, 0.1) is 22.8 Å². The Hall–Kier alpha value is -3.52. The third kappa shape index (κ3) is 4.72. The van der Waals surface area contributed by atoms with E-state index >= 15 is 0 Å². The minimum Gasteiger partial charge on any atom is -0.497 e. The van der Waals surface area contributed by atoms with Crippen molar-refractivity contribution in [3.8, 4) is 5.75 Å². The maximum Gasteiger partial charge on any atom is 0.283 e. The van der Waals surface area contributed by atoms with E-state index in [0.717, 1.165) is 4.90 Å². The second-order valence-corrected chi connectivity index (χ2v) is 8.31. The third-order valence-electron chi connectivity index (χ3n) is 4.95. The van der Waals surface area contributed by atoms with Crippen LogP contribution in [0, 0.1) is 0 Å². The van der Waals surface area contributed by atoms with Crippen molar-refractivity contribution >= 4 is 69.6 Å². The van der Waals surface area contributed by atoms with Crippen LogP contribution in [0.2, 0.25) is 10.0 Å². The summed E-state index contributed by atoms with van der Waals surface area (Å²) in [5.41, 5.74) is 1.62. The van der Waals surface area contributed by atoms with Gasteiger partial charge in [-0.05, 0) is 66.7 Å². The molecule has 0 aliphatic carbocycles. The molecule has 0 radical (unpaired) electrons. The molecule has 10 heteroatoms. The van der Waals surface area contributed by atoms with Crippen molar-refractivity contribution in [2.75, 3.05) is 22.6 Å². The van der Waals surface area contributed by atoms with Crippen LogP contribution >= 0.6 is 34.8 Å². The SMILES string of the molecule is COc1ccc(NC(=O)c2ccc(NC3=C(Cl)C(=O)N(c4ccc(Cl)c(Cl)c4)C3=O)cc2)cc1. The Kier molecular flexibility index (Phi) is 6.79. The molecule has 3 aromatic rings. The van der Waals surface area contributed by atoms with Gasteiger partial charge in [-0.1, -0.05) is 34.8 Å². The second kappa shape index (κ2) is 9.77. The summed E-state index contributed by atoms with van der Waals surface area (Å²) in [5, 5.41) is 5.86. The van der Waals surface area contributed by atoms with Crippen LogP contribution in [0.1, 0.15) is 10.4 Å². The highest BCUT2D eigenvalue weighted by molar-refractivity contribution is 6.53. The van der Waals surface area contributed by atoms with Gasteiger partial charge in [-0.15, -0.1) is 0 Å². The second-order valence-electron chi connectivity index (χ2n) is 7.12. The molecular formula is C24H16Cl3N3O4. The number of carbonyl (C=O) groups excluding carboxylic acids is 3. The van der Waals surface area contributed by atoms with E-state index in [1.165, 1.54) is 18.2 Å². The smallest absolute Gasteiger partial charge is 0.283 e. The van der Waals surface area contributed by atoms with Crippen LogP contribution in [0.4, 0.5) is 17.1 Å². The Labute approximate surface area is 209 Å². The number of benzene rings is 3. The van der Waals surface area contributed by atoms with E-state index in [4.69, 9.17) is 39.5 Å². The highest BCUT2D eigenvalue weighted by atomic mass is 35.5. The zero-order valence-electron chi connectivity index (χ0n) is 17.6. The van der Waals surface area contributed by atoms with Gasteiger partial charge in [0.15, 0.2) is 0 Å². The summed E-state index contributed by atoms with van der Waals surface area (Å²) in [6.45, 7) is 0. The van der Waals surface area contributed by atoms with Crippen LogP contribution in [0.5, 0.6) is 5.75 Å². The summed E-state index contributed by atoms with van der Waals surface area (Å²) in [7, 11) is 1.56. The van der Waals surface area contributed by atoms with Gasteiger partial charge < -0.3 is 15.4 Å². The zero-order valence-corrected chi connectivity index (χ0v) is 19.8. The normalized spacial score (nSPS) is 13.4. The van der Waals surface area contributed by atoms with Crippen molar-refractivity contribution in [1.29, 1.82) is 0 Å². The van der Waals surface area contributed by atoms with Crippen LogP contribution in [-0.2, 0) is 9.59 Å². The van der Waals surface area contributed by atoms with Crippen molar-refractivity contribution in [3.63, 3.8) is 0 Å². The largest absolute Gasteiger partial charge is 0.497 e. The van der Waals surface area contributed by atoms with Gasteiger partial charge in [-0.3, -0.25) is 14.4 Å². The Morgan fingerprint density at radius 3 is 2.09 bits per heavy atom. The maximum atomic E-state index is 12.9. The molecule has 0 atom stereocenters. The van der Waals surface area contributed by atoms with Gasteiger partial charge in [0.25, 0.3) is 17.7 Å². The topological polar surface area (TPSA) is 87.7 Å². The van der Waals surface area contributed by atoms with E-state index in [1.807, 2.05) is 0 Å². The fraction of sp³-hybridized carbons (Fsp3) is 0.0417. The van der Waals surface area contributed by atoms with E-state index < -0.39 is 11.8 Å². The third-order valence-corrected chi connectivity index (χ3v) is 6.04. The molecule has 2 N–H and O–H groups in total. The first-order chi connectivity index (χ1) is 16.3. The average Bonchev–Trinajstić information content (AvgIpc) is 3.05. The molecule has 7 nitrogen and oxygen atoms in total. The van der Waals surface area contributed by atoms with Crippen LogP contribution in [0.15, 0.2) is 77.5 Å². The van der Waals surface area contributed by atoms with Crippen LogP contribution in [-0.4, -0.2) is 24.8 Å². The molecule has 1 aliphatic heterocycles. The lowest BCUT2D eigenvalue weighted by Gasteiger charge is -2.15. The number of ether oxygens (including phenoxy) is 1. The highest BCUT2D eigenvalue weighted by Crippen LogP contribution is 2.33. The number of nitrogens with one attached hydrogen (secondary N) is 2. The van der Waals surface area contributed by atoms with Gasteiger partial charge in [0.1, 0.15) is 16.5 Å². The summed E-state index contributed by atoms with van der Waals surface area (Å²) < 4.78 is 5.10. The molecule has 34 heavy (non-hydrogen) atoms. The van der Waals surface area contributed by atoms with Crippen molar-refractivity contribution in [2.24, 2.45) is 0 Å². The molecule has 0 unspecified atom stereocenters. The summed E-state index contributed by atoms with van der Waals surface area (Å²) in [5.74, 6) is -0.969. The lowest BCUT2D eigenvalue weighted by atomic mass is 10.2. The Morgan fingerprint density at radius 2 is 1.47 bits per heavy atom. The molecule has 0 spiro atoms. The van der Waals surface area contributed by atoms with E-state index in [-0.39, 0.29) is 32.4 Å². The number of hydrogen-bond acceptors (Lipinski definition) is 5. The zero-order chi connectivity index (χ0) is 24.4. The predicted molar refractivity (Wildman–Crippen MR) is 133 cm³/mol. The minimum absolute atomic E-state index is 0.0897. The summed E-state index contributed by atoms with van der Waals surface area (Å²) in [6, 6.07) is 17.7. The van der Waals surface area contributed by atoms with Crippen LogP contribution in [0.3, 0.4) is 0 Å². The Balaban J connectivity index is 1.47. The molecule has 0 saturated heterocycles. The number of anilines is 3.